The lowest BCUT2D eigenvalue weighted by Crippen LogP contribution is -2.16. The Morgan fingerprint density at radius 3 is 2.85 bits per heavy atom. The smallest absolute Gasteiger partial charge is 0.184 e. The summed E-state index contributed by atoms with van der Waals surface area (Å²) in [7, 11) is 0. The fourth-order valence-corrected chi connectivity index (χ4v) is 1.25. The summed E-state index contributed by atoms with van der Waals surface area (Å²) in [5.41, 5.74) is 6.60. The maximum Gasteiger partial charge on any atom is 0.184 e. The van der Waals surface area contributed by atoms with Gasteiger partial charge in [0.25, 0.3) is 0 Å². The highest BCUT2D eigenvalue weighted by Gasteiger charge is 2.15. The number of hydrogen-bond acceptors (Lipinski definition) is 4. The summed E-state index contributed by atoms with van der Waals surface area (Å²) in [6, 6.07) is 5.21. The van der Waals surface area contributed by atoms with Gasteiger partial charge in [0.2, 0.25) is 0 Å². The van der Waals surface area contributed by atoms with Crippen molar-refractivity contribution in [1.82, 2.24) is 0 Å². The van der Waals surface area contributed by atoms with Crippen LogP contribution in [0.2, 0.25) is 0 Å². The average molecular weight is 176 g/mol. The van der Waals surface area contributed by atoms with Gasteiger partial charge in [0.1, 0.15) is 13.2 Å². The number of benzene rings is 1. The Morgan fingerprint density at radius 1 is 1.31 bits per heavy atom. The molecule has 1 aliphatic heterocycles. The van der Waals surface area contributed by atoms with Crippen LogP contribution in [0.4, 0.5) is 5.69 Å². The Hall–Kier alpha value is -1.89. The highest BCUT2D eigenvalue weighted by molar-refractivity contribution is 5.64. The van der Waals surface area contributed by atoms with Crippen LogP contribution in [-0.2, 0) is 0 Å². The van der Waals surface area contributed by atoms with Crippen LogP contribution in [0, 0.1) is 11.3 Å². The van der Waals surface area contributed by atoms with Gasteiger partial charge in [0, 0.05) is 6.07 Å². The number of nitrogens with zero attached hydrogens (tertiary/aromatic N) is 1. The summed E-state index contributed by atoms with van der Waals surface area (Å²) in [5.74, 6) is 1.10. The first-order valence-corrected chi connectivity index (χ1v) is 3.90. The maximum atomic E-state index is 8.66. The second-order valence-electron chi connectivity index (χ2n) is 2.70. The third kappa shape index (κ3) is 1.25. The van der Waals surface area contributed by atoms with E-state index < -0.39 is 0 Å². The Labute approximate surface area is 75.5 Å². The van der Waals surface area contributed by atoms with Crippen LogP contribution in [0.25, 0.3) is 0 Å². The third-order valence-electron chi connectivity index (χ3n) is 1.80. The molecule has 2 N–H and O–H groups in total. The topological polar surface area (TPSA) is 68.3 Å². The molecule has 0 radical (unpaired) electrons. The first kappa shape index (κ1) is 7.74. The van der Waals surface area contributed by atoms with E-state index in [0.717, 1.165) is 0 Å². The maximum absolute atomic E-state index is 8.66. The lowest BCUT2D eigenvalue weighted by atomic mass is 10.2. The van der Waals surface area contributed by atoms with E-state index in [-0.39, 0.29) is 0 Å². The van der Waals surface area contributed by atoms with Crippen molar-refractivity contribution in [2.75, 3.05) is 18.9 Å². The zero-order valence-corrected chi connectivity index (χ0v) is 6.91. The minimum Gasteiger partial charge on any atom is -0.486 e. The van der Waals surface area contributed by atoms with E-state index in [2.05, 4.69) is 0 Å². The Kier molecular flexibility index (Phi) is 1.71. The van der Waals surface area contributed by atoms with Crippen molar-refractivity contribution in [3.05, 3.63) is 17.7 Å². The number of hydrogen-bond donors (Lipinski definition) is 1. The summed E-state index contributed by atoms with van der Waals surface area (Å²) in [4.78, 5) is 0. The van der Waals surface area contributed by atoms with Crippen LogP contribution in [-0.4, -0.2) is 13.2 Å². The number of ether oxygens (including phenoxy) is 2. The molecule has 0 amide bonds. The molecule has 66 valence electrons. The third-order valence-corrected chi connectivity index (χ3v) is 1.80. The number of nitriles is 1. The normalized spacial score (nSPS) is 13.5. The molecule has 2 rings (SSSR count). The molecule has 4 nitrogen and oxygen atoms in total. The Balaban J connectivity index is 2.54. The first-order valence-electron chi connectivity index (χ1n) is 3.90. The molecule has 13 heavy (non-hydrogen) atoms. The van der Waals surface area contributed by atoms with Gasteiger partial charge in [0.05, 0.1) is 17.3 Å². The van der Waals surface area contributed by atoms with E-state index in [4.69, 9.17) is 20.5 Å². The van der Waals surface area contributed by atoms with Gasteiger partial charge < -0.3 is 15.2 Å². The minimum absolute atomic E-state index is 0.453. The standard InChI is InChI=1S/C9H8N2O2/c10-5-6-3-7(11)9-8(4-6)12-1-2-13-9/h3-4H,1-2,11H2. The molecule has 0 fully saturated rings. The zero-order chi connectivity index (χ0) is 9.26. The summed E-state index contributed by atoms with van der Waals surface area (Å²) >= 11 is 0. The van der Waals surface area contributed by atoms with Crippen molar-refractivity contribution < 1.29 is 9.47 Å². The van der Waals surface area contributed by atoms with E-state index in [9.17, 15) is 0 Å². The molecule has 0 bridgehead atoms. The predicted molar refractivity (Wildman–Crippen MR) is 46.6 cm³/mol. The summed E-state index contributed by atoms with van der Waals surface area (Å²) in [6.45, 7) is 1.00. The van der Waals surface area contributed by atoms with Gasteiger partial charge in [-0.05, 0) is 6.07 Å². The van der Waals surface area contributed by atoms with Crippen LogP contribution in [0.3, 0.4) is 0 Å². The van der Waals surface area contributed by atoms with Crippen molar-refractivity contribution in [1.29, 1.82) is 5.26 Å². The number of rotatable bonds is 0. The molecule has 1 aliphatic rings. The number of fused-ring (bicyclic) bond motifs is 1. The minimum atomic E-state index is 0.453. The predicted octanol–water partition coefficient (Wildman–Crippen LogP) is 0.912. The summed E-state index contributed by atoms with van der Waals surface area (Å²) in [5, 5.41) is 8.66. The second-order valence-corrected chi connectivity index (χ2v) is 2.70. The van der Waals surface area contributed by atoms with Crippen LogP contribution >= 0.6 is 0 Å². The molecule has 0 spiro atoms. The number of nitrogen functional groups attached to an aromatic ring is 1. The SMILES string of the molecule is N#Cc1cc(N)c2c(c1)OCCO2. The molecule has 1 aromatic carbocycles. The van der Waals surface area contributed by atoms with Crippen molar-refractivity contribution in [3.63, 3.8) is 0 Å². The lowest BCUT2D eigenvalue weighted by Gasteiger charge is -2.19. The lowest BCUT2D eigenvalue weighted by molar-refractivity contribution is 0.172. The molecule has 0 aromatic heterocycles. The molecule has 1 heterocycles. The first-order chi connectivity index (χ1) is 6.31. The van der Waals surface area contributed by atoms with E-state index in [0.29, 0.717) is 36.0 Å². The van der Waals surface area contributed by atoms with Gasteiger partial charge in [-0.1, -0.05) is 0 Å². The fourth-order valence-electron chi connectivity index (χ4n) is 1.25. The Bertz CT molecular complexity index is 382. The monoisotopic (exact) mass is 176 g/mol. The molecule has 4 heteroatoms. The van der Waals surface area contributed by atoms with Gasteiger partial charge in [-0.2, -0.15) is 5.26 Å². The fraction of sp³-hybridized carbons (Fsp3) is 0.222. The zero-order valence-electron chi connectivity index (χ0n) is 6.91. The van der Waals surface area contributed by atoms with Crippen LogP contribution < -0.4 is 15.2 Å². The van der Waals surface area contributed by atoms with Crippen LogP contribution in [0.1, 0.15) is 5.56 Å². The number of anilines is 1. The molecule has 0 atom stereocenters. The summed E-state index contributed by atoms with van der Waals surface area (Å²) < 4.78 is 10.6. The van der Waals surface area contributed by atoms with Gasteiger partial charge >= 0.3 is 0 Å². The van der Waals surface area contributed by atoms with Crippen molar-refractivity contribution in [3.8, 4) is 17.6 Å². The van der Waals surface area contributed by atoms with Crippen molar-refractivity contribution in [2.45, 2.75) is 0 Å². The van der Waals surface area contributed by atoms with Crippen molar-refractivity contribution >= 4 is 5.69 Å². The van der Waals surface area contributed by atoms with E-state index in [1.165, 1.54) is 0 Å². The quantitative estimate of drug-likeness (QED) is 0.596. The molecule has 0 aliphatic carbocycles. The Morgan fingerprint density at radius 2 is 2.08 bits per heavy atom. The van der Waals surface area contributed by atoms with E-state index in [1.807, 2.05) is 6.07 Å². The van der Waals surface area contributed by atoms with Gasteiger partial charge in [-0.25, -0.2) is 0 Å². The molecule has 0 unspecified atom stereocenters. The van der Waals surface area contributed by atoms with Gasteiger partial charge in [-0.3, -0.25) is 0 Å². The second kappa shape index (κ2) is 2.87. The van der Waals surface area contributed by atoms with Gasteiger partial charge in [0.15, 0.2) is 11.5 Å². The van der Waals surface area contributed by atoms with Crippen LogP contribution in [0.15, 0.2) is 12.1 Å². The van der Waals surface area contributed by atoms with Crippen LogP contribution in [0.5, 0.6) is 11.5 Å². The highest BCUT2D eigenvalue weighted by Crippen LogP contribution is 2.36. The summed E-state index contributed by atoms with van der Waals surface area (Å²) in [6.07, 6.45) is 0. The van der Waals surface area contributed by atoms with E-state index >= 15 is 0 Å². The molecular weight excluding hydrogens is 168 g/mol. The average Bonchev–Trinajstić information content (AvgIpc) is 2.18. The number of nitrogens with two attached hydrogens (primary N) is 1. The highest BCUT2D eigenvalue weighted by atomic mass is 16.6. The van der Waals surface area contributed by atoms with Gasteiger partial charge in [-0.15, -0.1) is 0 Å². The van der Waals surface area contributed by atoms with Crippen molar-refractivity contribution in [2.24, 2.45) is 0 Å². The molecule has 1 aromatic rings. The largest absolute Gasteiger partial charge is 0.486 e. The molecular formula is C9H8N2O2. The molecule has 0 saturated carbocycles. The van der Waals surface area contributed by atoms with E-state index in [1.54, 1.807) is 12.1 Å². The molecule has 0 saturated heterocycles.